The molecule has 0 aromatic carbocycles. The number of rotatable bonds is 0. The average molecular weight is 224 g/mol. The summed E-state index contributed by atoms with van der Waals surface area (Å²) in [6, 6.07) is 0. The first-order chi connectivity index (χ1) is 7.42. The second-order valence-electron chi connectivity index (χ2n) is 7.07. The molecule has 1 N–H and O–H groups in total. The van der Waals surface area contributed by atoms with Crippen molar-refractivity contribution in [1.29, 1.82) is 0 Å². The van der Waals surface area contributed by atoms with Crippen LogP contribution in [-0.4, -0.2) is 22.9 Å². The molecule has 3 aliphatic rings. The molecule has 1 aliphatic heterocycles. The fourth-order valence-electron chi connectivity index (χ4n) is 4.18. The summed E-state index contributed by atoms with van der Waals surface area (Å²) in [5.41, 5.74) is 0.594. The summed E-state index contributed by atoms with van der Waals surface area (Å²) in [4.78, 5) is 0. The van der Waals surface area contributed by atoms with Gasteiger partial charge in [-0.3, -0.25) is 0 Å². The summed E-state index contributed by atoms with van der Waals surface area (Å²) in [6.45, 7) is 6.95. The third-order valence-corrected chi connectivity index (χ3v) is 5.49. The van der Waals surface area contributed by atoms with Gasteiger partial charge in [-0.15, -0.1) is 0 Å². The Morgan fingerprint density at radius 3 is 2.56 bits per heavy atom. The maximum atomic E-state index is 10.2. The van der Waals surface area contributed by atoms with E-state index < -0.39 is 0 Å². The first-order valence-electron chi connectivity index (χ1n) is 6.78. The Kier molecular flexibility index (Phi) is 2.23. The standard InChI is InChI=1S/C14H24O2/c1-13(2)8-9-10(13)6-7-14(3)12(16-14)5-4-11(9)15/h9-12,15H,4-8H2,1-3H3. The summed E-state index contributed by atoms with van der Waals surface area (Å²) in [5.74, 6) is 1.28. The van der Waals surface area contributed by atoms with Crippen LogP contribution in [-0.2, 0) is 4.74 Å². The van der Waals surface area contributed by atoms with Gasteiger partial charge >= 0.3 is 0 Å². The van der Waals surface area contributed by atoms with Crippen LogP contribution < -0.4 is 0 Å². The van der Waals surface area contributed by atoms with Crippen molar-refractivity contribution in [2.24, 2.45) is 17.3 Å². The molecule has 2 saturated carbocycles. The molecule has 0 bridgehead atoms. The van der Waals surface area contributed by atoms with Crippen LogP contribution in [0.4, 0.5) is 0 Å². The number of fused-ring (bicyclic) bond motifs is 2. The Morgan fingerprint density at radius 2 is 1.88 bits per heavy atom. The van der Waals surface area contributed by atoms with E-state index >= 15 is 0 Å². The van der Waals surface area contributed by atoms with Gasteiger partial charge in [-0.1, -0.05) is 13.8 Å². The molecule has 0 aromatic rings. The fourth-order valence-corrected chi connectivity index (χ4v) is 4.18. The van der Waals surface area contributed by atoms with Crippen LogP contribution in [0.2, 0.25) is 0 Å². The number of hydrogen-bond acceptors (Lipinski definition) is 2. The third kappa shape index (κ3) is 1.53. The van der Waals surface area contributed by atoms with E-state index in [1.54, 1.807) is 0 Å². The summed E-state index contributed by atoms with van der Waals surface area (Å²) in [6.07, 6.45) is 5.99. The van der Waals surface area contributed by atoms with Gasteiger partial charge in [-0.2, -0.15) is 0 Å². The third-order valence-electron chi connectivity index (χ3n) is 5.49. The van der Waals surface area contributed by atoms with Gasteiger partial charge in [0.1, 0.15) is 0 Å². The van der Waals surface area contributed by atoms with Gasteiger partial charge in [0.15, 0.2) is 0 Å². The van der Waals surface area contributed by atoms with E-state index in [0.29, 0.717) is 23.4 Å². The fraction of sp³-hybridized carbons (Fsp3) is 1.00. The second-order valence-corrected chi connectivity index (χ2v) is 7.07. The lowest BCUT2D eigenvalue weighted by atomic mass is 9.52. The first-order valence-corrected chi connectivity index (χ1v) is 6.78. The smallest absolute Gasteiger partial charge is 0.0920 e. The first kappa shape index (κ1) is 11.0. The maximum Gasteiger partial charge on any atom is 0.0920 e. The van der Waals surface area contributed by atoms with Crippen molar-refractivity contribution in [2.45, 2.75) is 70.7 Å². The highest BCUT2D eigenvalue weighted by molar-refractivity contribution is 5.05. The van der Waals surface area contributed by atoms with Crippen LogP contribution in [0.3, 0.4) is 0 Å². The minimum Gasteiger partial charge on any atom is -0.393 e. The zero-order chi connectivity index (χ0) is 11.6. The molecule has 2 aliphatic carbocycles. The van der Waals surface area contributed by atoms with Gasteiger partial charge in [-0.05, 0) is 56.3 Å². The van der Waals surface area contributed by atoms with Crippen molar-refractivity contribution in [1.82, 2.24) is 0 Å². The molecule has 3 rings (SSSR count). The lowest BCUT2D eigenvalue weighted by Gasteiger charge is -2.54. The molecule has 0 radical (unpaired) electrons. The molecule has 2 nitrogen and oxygen atoms in total. The van der Waals surface area contributed by atoms with E-state index in [1.165, 1.54) is 19.3 Å². The van der Waals surface area contributed by atoms with Crippen LogP contribution in [0.25, 0.3) is 0 Å². The van der Waals surface area contributed by atoms with Gasteiger partial charge in [0.25, 0.3) is 0 Å². The summed E-state index contributed by atoms with van der Waals surface area (Å²) >= 11 is 0. The lowest BCUT2D eigenvalue weighted by Crippen LogP contribution is -2.49. The minimum absolute atomic E-state index is 0.0791. The molecule has 5 atom stereocenters. The molecule has 92 valence electrons. The van der Waals surface area contributed by atoms with Crippen molar-refractivity contribution in [3.63, 3.8) is 0 Å². The SMILES string of the molecule is CC1(C)CC2C(O)CCC3OC3(C)CCC21. The van der Waals surface area contributed by atoms with E-state index in [4.69, 9.17) is 4.74 Å². The quantitative estimate of drug-likeness (QED) is 0.642. The number of aliphatic hydroxyl groups excluding tert-OH is 1. The highest BCUT2D eigenvalue weighted by Crippen LogP contribution is 2.58. The number of epoxide rings is 1. The molecule has 16 heavy (non-hydrogen) atoms. The monoisotopic (exact) mass is 224 g/mol. The van der Waals surface area contributed by atoms with Crippen molar-refractivity contribution in [2.75, 3.05) is 0 Å². The predicted octanol–water partition coefficient (Wildman–Crippen LogP) is 2.74. The molecule has 0 spiro atoms. The van der Waals surface area contributed by atoms with E-state index in [2.05, 4.69) is 20.8 Å². The number of aliphatic hydroxyl groups is 1. The Morgan fingerprint density at radius 1 is 1.12 bits per heavy atom. The minimum atomic E-state index is -0.0791. The molecule has 2 heteroatoms. The van der Waals surface area contributed by atoms with Gasteiger partial charge in [0.05, 0.1) is 17.8 Å². The highest BCUT2D eigenvalue weighted by Gasteiger charge is 2.56. The van der Waals surface area contributed by atoms with Gasteiger partial charge in [-0.25, -0.2) is 0 Å². The molecule has 0 aromatic heterocycles. The summed E-state index contributed by atoms with van der Waals surface area (Å²) in [5, 5.41) is 10.2. The Bertz CT molecular complexity index is 299. The second kappa shape index (κ2) is 3.23. The summed E-state index contributed by atoms with van der Waals surface area (Å²) in [7, 11) is 0. The van der Waals surface area contributed by atoms with E-state index in [1.807, 2.05) is 0 Å². The normalized spacial score (nSPS) is 54.8. The van der Waals surface area contributed by atoms with Crippen molar-refractivity contribution >= 4 is 0 Å². The number of hydrogen-bond donors (Lipinski definition) is 1. The van der Waals surface area contributed by atoms with Gasteiger partial charge < -0.3 is 9.84 Å². The van der Waals surface area contributed by atoms with Crippen LogP contribution in [0.5, 0.6) is 0 Å². The molecule has 5 unspecified atom stereocenters. The Labute approximate surface area is 98.4 Å². The largest absolute Gasteiger partial charge is 0.393 e. The van der Waals surface area contributed by atoms with Crippen LogP contribution in [0.1, 0.15) is 52.9 Å². The van der Waals surface area contributed by atoms with Crippen molar-refractivity contribution < 1.29 is 9.84 Å². The van der Waals surface area contributed by atoms with Crippen LogP contribution >= 0.6 is 0 Å². The van der Waals surface area contributed by atoms with E-state index in [9.17, 15) is 5.11 Å². The average Bonchev–Trinajstić information content (AvgIpc) is 2.82. The number of ether oxygens (including phenoxy) is 1. The topological polar surface area (TPSA) is 32.8 Å². The molecular weight excluding hydrogens is 200 g/mol. The molecular formula is C14H24O2. The van der Waals surface area contributed by atoms with Gasteiger partial charge in [0, 0.05) is 0 Å². The van der Waals surface area contributed by atoms with E-state index in [0.717, 1.165) is 12.8 Å². The zero-order valence-corrected chi connectivity index (χ0v) is 10.7. The van der Waals surface area contributed by atoms with Gasteiger partial charge in [0.2, 0.25) is 0 Å². The van der Waals surface area contributed by atoms with Crippen LogP contribution in [0, 0.1) is 17.3 Å². The lowest BCUT2D eigenvalue weighted by molar-refractivity contribution is -0.0921. The summed E-state index contributed by atoms with van der Waals surface area (Å²) < 4.78 is 5.79. The molecule has 1 heterocycles. The predicted molar refractivity (Wildman–Crippen MR) is 63.1 cm³/mol. The molecule has 1 saturated heterocycles. The van der Waals surface area contributed by atoms with E-state index in [-0.39, 0.29) is 11.7 Å². The Hall–Kier alpha value is -0.0800. The molecule has 3 fully saturated rings. The van der Waals surface area contributed by atoms with Crippen LogP contribution in [0.15, 0.2) is 0 Å². The highest BCUT2D eigenvalue weighted by atomic mass is 16.6. The van der Waals surface area contributed by atoms with Crippen molar-refractivity contribution in [3.05, 3.63) is 0 Å². The Balaban J connectivity index is 1.75. The maximum absolute atomic E-state index is 10.2. The molecule has 0 amide bonds. The van der Waals surface area contributed by atoms with Crippen molar-refractivity contribution in [3.8, 4) is 0 Å². The zero-order valence-electron chi connectivity index (χ0n) is 10.7.